The molecule has 0 bridgehead atoms. The molecule has 1 rings (SSSR count). The van der Waals surface area contributed by atoms with Crippen molar-refractivity contribution in [1.82, 2.24) is 5.32 Å². The molecule has 1 fully saturated rings. The SMILES string of the molecule is CCC(C)C(=O)NC1CCCC1C. The predicted octanol–water partition coefficient (Wildman–Crippen LogP) is 2.34. The Hall–Kier alpha value is -0.530. The summed E-state index contributed by atoms with van der Waals surface area (Å²) in [5, 5.41) is 3.14. The van der Waals surface area contributed by atoms with Crippen LogP contribution in [0.2, 0.25) is 0 Å². The second kappa shape index (κ2) is 4.64. The van der Waals surface area contributed by atoms with E-state index >= 15 is 0 Å². The second-order valence-corrected chi connectivity index (χ2v) is 4.33. The Morgan fingerprint density at radius 2 is 2.23 bits per heavy atom. The lowest BCUT2D eigenvalue weighted by Gasteiger charge is -2.19. The van der Waals surface area contributed by atoms with Gasteiger partial charge >= 0.3 is 0 Å². The standard InChI is InChI=1S/C11H21NO/c1-4-8(2)11(13)12-10-7-5-6-9(10)3/h8-10H,4-7H2,1-3H3,(H,12,13). The molecule has 0 heterocycles. The molecule has 2 nitrogen and oxygen atoms in total. The zero-order valence-corrected chi connectivity index (χ0v) is 8.97. The van der Waals surface area contributed by atoms with Gasteiger partial charge in [0.25, 0.3) is 0 Å². The van der Waals surface area contributed by atoms with Gasteiger partial charge in [0, 0.05) is 12.0 Å². The van der Waals surface area contributed by atoms with E-state index in [0.29, 0.717) is 12.0 Å². The van der Waals surface area contributed by atoms with Crippen molar-refractivity contribution in [2.45, 2.75) is 52.5 Å². The Balaban J connectivity index is 2.35. The van der Waals surface area contributed by atoms with Gasteiger partial charge in [0.05, 0.1) is 0 Å². The van der Waals surface area contributed by atoms with E-state index in [2.05, 4.69) is 19.2 Å². The molecule has 3 unspecified atom stereocenters. The van der Waals surface area contributed by atoms with Crippen LogP contribution in [0.3, 0.4) is 0 Å². The zero-order valence-electron chi connectivity index (χ0n) is 8.97. The van der Waals surface area contributed by atoms with Crippen LogP contribution in [-0.4, -0.2) is 11.9 Å². The average molecular weight is 183 g/mol. The van der Waals surface area contributed by atoms with Crippen molar-refractivity contribution < 1.29 is 4.79 Å². The molecule has 1 amide bonds. The summed E-state index contributed by atoms with van der Waals surface area (Å²) in [6.07, 6.45) is 4.65. The fraction of sp³-hybridized carbons (Fsp3) is 0.909. The summed E-state index contributed by atoms with van der Waals surface area (Å²) in [6.45, 7) is 6.28. The fourth-order valence-corrected chi connectivity index (χ4v) is 1.87. The zero-order chi connectivity index (χ0) is 9.84. The van der Waals surface area contributed by atoms with Crippen molar-refractivity contribution in [1.29, 1.82) is 0 Å². The number of carbonyl (C=O) groups is 1. The maximum Gasteiger partial charge on any atom is 0.223 e. The minimum atomic E-state index is 0.174. The molecule has 0 aromatic carbocycles. The Labute approximate surface area is 81.1 Å². The molecule has 0 aliphatic heterocycles. The summed E-state index contributed by atoms with van der Waals surface area (Å²) in [5.74, 6) is 1.09. The number of amides is 1. The summed E-state index contributed by atoms with van der Waals surface area (Å²) < 4.78 is 0. The van der Waals surface area contributed by atoms with Crippen molar-refractivity contribution in [2.24, 2.45) is 11.8 Å². The van der Waals surface area contributed by atoms with Gasteiger partial charge in [-0.25, -0.2) is 0 Å². The maximum absolute atomic E-state index is 11.6. The first kappa shape index (κ1) is 10.6. The van der Waals surface area contributed by atoms with Crippen molar-refractivity contribution in [3.05, 3.63) is 0 Å². The average Bonchev–Trinajstić information content (AvgIpc) is 2.50. The minimum Gasteiger partial charge on any atom is -0.353 e. The molecule has 2 heteroatoms. The van der Waals surface area contributed by atoms with Crippen molar-refractivity contribution >= 4 is 5.91 Å². The van der Waals surface area contributed by atoms with Crippen molar-refractivity contribution in [2.75, 3.05) is 0 Å². The predicted molar refractivity (Wildman–Crippen MR) is 54.4 cm³/mol. The maximum atomic E-state index is 11.6. The van der Waals surface area contributed by atoms with Gasteiger partial charge in [-0.15, -0.1) is 0 Å². The third kappa shape index (κ3) is 2.71. The molecule has 1 N–H and O–H groups in total. The van der Waals surface area contributed by atoms with Crippen LogP contribution >= 0.6 is 0 Å². The molecule has 0 aromatic heterocycles. The summed E-state index contributed by atoms with van der Waals surface area (Å²) in [4.78, 5) is 11.6. The highest BCUT2D eigenvalue weighted by molar-refractivity contribution is 5.78. The van der Waals surface area contributed by atoms with E-state index in [9.17, 15) is 4.79 Å². The third-order valence-electron chi connectivity index (χ3n) is 3.25. The van der Waals surface area contributed by atoms with Crippen molar-refractivity contribution in [3.63, 3.8) is 0 Å². The highest BCUT2D eigenvalue weighted by Gasteiger charge is 2.25. The lowest BCUT2D eigenvalue weighted by Crippen LogP contribution is -2.39. The normalized spacial score (nSPS) is 30.1. The molecule has 3 atom stereocenters. The van der Waals surface area contributed by atoms with Gasteiger partial charge in [-0.3, -0.25) is 4.79 Å². The van der Waals surface area contributed by atoms with Gasteiger partial charge in [-0.1, -0.05) is 27.2 Å². The van der Waals surface area contributed by atoms with Crippen LogP contribution in [0.1, 0.15) is 46.5 Å². The van der Waals surface area contributed by atoms with Gasteiger partial charge in [0.2, 0.25) is 5.91 Å². The van der Waals surface area contributed by atoms with Crippen LogP contribution in [0.5, 0.6) is 0 Å². The van der Waals surface area contributed by atoms with Crippen LogP contribution in [0.4, 0.5) is 0 Å². The number of carbonyl (C=O) groups excluding carboxylic acids is 1. The van der Waals surface area contributed by atoms with Gasteiger partial charge < -0.3 is 5.32 Å². The molecule has 0 saturated heterocycles. The molecule has 0 aromatic rings. The van der Waals surface area contributed by atoms with E-state index in [-0.39, 0.29) is 11.8 Å². The summed E-state index contributed by atoms with van der Waals surface area (Å²) >= 11 is 0. The lowest BCUT2D eigenvalue weighted by molar-refractivity contribution is -0.125. The van der Waals surface area contributed by atoms with E-state index in [4.69, 9.17) is 0 Å². The van der Waals surface area contributed by atoms with Crippen LogP contribution < -0.4 is 5.32 Å². The van der Waals surface area contributed by atoms with Crippen LogP contribution in [0, 0.1) is 11.8 Å². The number of rotatable bonds is 3. The Morgan fingerprint density at radius 3 is 2.69 bits per heavy atom. The lowest BCUT2D eigenvalue weighted by atomic mass is 10.0. The number of hydrogen-bond donors (Lipinski definition) is 1. The molecule has 0 spiro atoms. The second-order valence-electron chi connectivity index (χ2n) is 4.33. The number of nitrogens with one attached hydrogen (secondary N) is 1. The first-order valence-corrected chi connectivity index (χ1v) is 5.45. The van der Waals surface area contributed by atoms with Gasteiger partial charge in [0.1, 0.15) is 0 Å². The molecule has 1 aliphatic carbocycles. The monoisotopic (exact) mass is 183 g/mol. The molecular weight excluding hydrogens is 162 g/mol. The molecule has 76 valence electrons. The van der Waals surface area contributed by atoms with E-state index in [0.717, 1.165) is 6.42 Å². The van der Waals surface area contributed by atoms with E-state index < -0.39 is 0 Å². The van der Waals surface area contributed by atoms with Gasteiger partial charge in [0.15, 0.2) is 0 Å². The van der Waals surface area contributed by atoms with Crippen molar-refractivity contribution in [3.8, 4) is 0 Å². The molecule has 1 aliphatic rings. The summed E-state index contributed by atoms with van der Waals surface area (Å²) in [6, 6.07) is 0.446. The number of hydrogen-bond acceptors (Lipinski definition) is 1. The molecule has 0 radical (unpaired) electrons. The third-order valence-corrected chi connectivity index (χ3v) is 3.25. The fourth-order valence-electron chi connectivity index (χ4n) is 1.87. The Bertz CT molecular complexity index is 179. The van der Waals surface area contributed by atoms with Gasteiger partial charge in [-0.05, 0) is 25.2 Å². The van der Waals surface area contributed by atoms with Gasteiger partial charge in [-0.2, -0.15) is 0 Å². The molecular formula is C11H21NO. The molecule has 13 heavy (non-hydrogen) atoms. The quantitative estimate of drug-likeness (QED) is 0.715. The largest absolute Gasteiger partial charge is 0.353 e. The van der Waals surface area contributed by atoms with E-state index in [1.165, 1.54) is 19.3 Å². The first-order valence-electron chi connectivity index (χ1n) is 5.45. The molecule has 1 saturated carbocycles. The smallest absolute Gasteiger partial charge is 0.223 e. The van der Waals surface area contributed by atoms with Crippen LogP contribution in [0.25, 0.3) is 0 Å². The van der Waals surface area contributed by atoms with E-state index in [1.807, 2.05) is 6.92 Å². The Kier molecular flexibility index (Phi) is 3.76. The first-order chi connectivity index (χ1) is 6.15. The highest BCUT2D eigenvalue weighted by Crippen LogP contribution is 2.25. The van der Waals surface area contributed by atoms with E-state index in [1.54, 1.807) is 0 Å². The summed E-state index contributed by atoms with van der Waals surface area (Å²) in [7, 11) is 0. The van der Waals surface area contributed by atoms with Crippen LogP contribution in [-0.2, 0) is 4.79 Å². The summed E-state index contributed by atoms with van der Waals surface area (Å²) in [5.41, 5.74) is 0. The highest BCUT2D eigenvalue weighted by atomic mass is 16.1. The topological polar surface area (TPSA) is 29.1 Å². The Morgan fingerprint density at radius 1 is 1.54 bits per heavy atom. The van der Waals surface area contributed by atoms with Crippen LogP contribution in [0.15, 0.2) is 0 Å². The minimum absolute atomic E-state index is 0.174.